The molecule has 0 atom stereocenters. The normalized spacial score (nSPS) is 12.2. The first-order chi connectivity index (χ1) is 15.0. The SMILES string of the molecule is CC(C)Cn1c(=O)c2[nH]c(-c3ccn(Cc4cccc(C(F)(F)F)c4)n3)nc2n(C)c1=O. The van der Waals surface area contributed by atoms with Gasteiger partial charge in [-0.1, -0.05) is 26.0 Å². The van der Waals surface area contributed by atoms with E-state index in [2.05, 4.69) is 15.1 Å². The van der Waals surface area contributed by atoms with E-state index in [0.29, 0.717) is 11.3 Å². The summed E-state index contributed by atoms with van der Waals surface area (Å²) in [7, 11) is 1.54. The van der Waals surface area contributed by atoms with Crippen LogP contribution in [0.3, 0.4) is 0 Å². The molecule has 0 aliphatic carbocycles. The van der Waals surface area contributed by atoms with Gasteiger partial charge in [0, 0.05) is 19.8 Å². The average Bonchev–Trinajstić information content (AvgIpc) is 3.36. The molecule has 11 heteroatoms. The Labute approximate surface area is 179 Å². The lowest BCUT2D eigenvalue weighted by molar-refractivity contribution is -0.137. The van der Waals surface area contributed by atoms with E-state index in [-0.39, 0.29) is 36.0 Å². The fourth-order valence-corrected chi connectivity index (χ4v) is 3.51. The Morgan fingerprint density at radius 1 is 1.16 bits per heavy atom. The summed E-state index contributed by atoms with van der Waals surface area (Å²) in [5.41, 5.74) is -0.396. The van der Waals surface area contributed by atoms with Gasteiger partial charge in [-0.05, 0) is 29.7 Å². The summed E-state index contributed by atoms with van der Waals surface area (Å²) in [4.78, 5) is 32.7. The van der Waals surface area contributed by atoms with E-state index in [1.54, 1.807) is 18.3 Å². The number of benzene rings is 1. The highest BCUT2D eigenvalue weighted by Crippen LogP contribution is 2.29. The molecule has 0 aliphatic heterocycles. The molecule has 0 bridgehead atoms. The molecule has 32 heavy (non-hydrogen) atoms. The van der Waals surface area contributed by atoms with E-state index in [1.807, 2.05) is 13.8 Å². The maximum absolute atomic E-state index is 12.9. The number of nitrogens with one attached hydrogen (secondary N) is 1. The number of hydrogen-bond acceptors (Lipinski definition) is 4. The van der Waals surface area contributed by atoms with Gasteiger partial charge in [0.25, 0.3) is 5.56 Å². The van der Waals surface area contributed by atoms with Gasteiger partial charge in [0.1, 0.15) is 11.2 Å². The van der Waals surface area contributed by atoms with Gasteiger partial charge in [-0.2, -0.15) is 18.3 Å². The van der Waals surface area contributed by atoms with Crippen molar-refractivity contribution >= 4 is 11.2 Å². The van der Waals surface area contributed by atoms with Crippen molar-refractivity contribution in [2.75, 3.05) is 0 Å². The van der Waals surface area contributed by atoms with Gasteiger partial charge in [-0.15, -0.1) is 0 Å². The zero-order valence-corrected chi connectivity index (χ0v) is 17.6. The van der Waals surface area contributed by atoms with Crippen molar-refractivity contribution in [1.29, 1.82) is 0 Å². The number of hydrogen-bond donors (Lipinski definition) is 1. The fraction of sp³-hybridized carbons (Fsp3) is 0.333. The minimum atomic E-state index is -4.42. The van der Waals surface area contributed by atoms with E-state index in [9.17, 15) is 22.8 Å². The summed E-state index contributed by atoms with van der Waals surface area (Å²) in [6.45, 7) is 4.22. The van der Waals surface area contributed by atoms with Gasteiger partial charge in [-0.25, -0.2) is 9.78 Å². The predicted molar refractivity (Wildman–Crippen MR) is 112 cm³/mol. The van der Waals surface area contributed by atoms with Crippen LogP contribution < -0.4 is 11.2 Å². The van der Waals surface area contributed by atoms with Gasteiger partial charge < -0.3 is 4.98 Å². The summed E-state index contributed by atoms with van der Waals surface area (Å²) in [5.74, 6) is 0.393. The van der Waals surface area contributed by atoms with Crippen molar-refractivity contribution in [1.82, 2.24) is 28.9 Å². The molecular formula is C21H21F3N6O2. The fourth-order valence-electron chi connectivity index (χ4n) is 3.51. The Hall–Kier alpha value is -3.63. The molecule has 4 aromatic rings. The van der Waals surface area contributed by atoms with Crippen LogP contribution in [0.1, 0.15) is 25.0 Å². The lowest BCUT2D eigenvalue weighted by Gasteiger charge is -2.09. The first kappa shape index (κ1) is 21.6. The van der Waals surface area contributed by atoms with Gasteiger partial charge in [0.15, 0.2) is 11.5 Å². The Morgan fingerprint density at radius 3 is 2.59 bits per heavy atom. The number of aryl methyl sites for hydroxylation is 1. The second-order valence-electron chi connectivity index (χ2n) is 8.03. The number of nitrogens with zero attached hydrogens (tertiary/aromatic N) is 5. The maximum Gasteiger partial charge on any atom is 0.416 e. The van der Waals surface area contributed by atoms with Crippen molar-refractivity contribution in [2.24, 2.45) is 13.0 Å². The number of H-pyrrole nitrogens is 1. The Morgan fingerprint density at radius 2 is 1.91 bits per heavy atom. The number of alkyl halides is 3. The van der Waals surface area contributed by atoms with E-state index >= 15 is 0 Å². The second kappa shape index (κ2) is 7.81. The second-order valence-corrected chi connectivity index (χ2v) is 8.03. The average molecular weight is 446 g/mol. The minimum absolute atomic E-state index is 0.104. The molecule has 0 saturated heterocycles. The van der Waals surface area contributed by atoms with Crippen LogP contribution in [0, 0.1) is 5.92 Å². The van der Waals surface area contributed by atoms with Gasteiger partial charge in [-0.3, -0.25) is 18.6 Å². The lowest BCUT2D eigenvalue weighted by atomic mass is 10.1. The molecule has 3 heterocycles. The van der Waals surface area contributed by atoms with Crippen LogP contribution in [0.4, 0.5) is 13.2 Å². The van der Waals surface area contributed by atoms with Crippen LogP contribution >= 0.6 is 0 Å². The van der Waals surface area contributed by atoms with E-state index in [4.69, 9.17) is 0 Å². The molecule has 0 radical (unpaired) electrons. The third-order valence-corrected chi connectivity index (χ3v) is 5.01. The van der Waals surface area contributed by atoms with Gasteiger partial charge in [0.05, 0.1) is 12.1 Å². The molecule has 3 aromatic heterocycles. The number of halogens is 3. The maximum atomic E-state index is 12.9. The largest absolute Gasteiger partial charge is 0.416 e. The Bertz CT molecular complexity index is 1410. The molecule has 8 nitrogen and oxygen atoms in total. The molecule has 0 unspecified atom stereocenters. The monoisotopic (exact) mass is 446 g/mol. The standard InChI is InChI=1S/C21H21F3N6O2/c1-12(2)10-30-19(31)16-18(28(3)20(30)32)26-17(25-16)15-7-8-29(27-15)11-13-5-4-6-14(9-13)21(22,23)24/h4-9,12H,10-11H2,1-3H3,(H,25,26). The van der Waals surface area contributed by atoms with Crippen LogP contribution in [0.25, 0.3) is 22.7 Å². The topological polar surface area (TPSA) is 90.5 Å². The first-order valence-corrected chi connectivity index (χ1v) is 9.94. The molecule has 168 valence electrons. The Balaban J connectivity index is 1.68. The summed E-state index contributed by atoms with van der Waals surface area (Å²) in [6, 6.07) is 6.67. The number of imidazole rings is 1. The summed E-state index contributed by atoms with van der Waals surface area (Å²) >= 11 is 0. The van der Waals surface area contributed by atoms with Crippen molar-refractivity contribution in [3.05, 3.63) is 68.5 Å². The lowest BCUT2D eigenvalue weighted by Crippen LogP contribution is -2.40. The summed E-state index contributed by atoms with van der Waals surface area (Å²) in [5, 5.41) is 4.36. The first-order valence-electron chi connectivity index (χ1n) is 9.94. The molecule has 0 spiro atoms. The highest BCUT2D eigenvalue weighted by atomic mass is 19.4. The molecule has 0 saturated carbocycles. The molecule has 0 amide bonds. The highest BCUT2D eigenvalue weighted by molar-refractivity contribution is 5.74. The van der Waals surface area contributed by atoms with Crippen LogP contribution in [-0.4, -0.2) is 28.9 Å². The molecule has 1 N–H and O–H groups in total. The molecule has 0 fully saturated rings. The van der Waals surface area contributed by atoms with Crippen LogP contribution in [0.15, 0.2) is 46.1 Å². The number of rotatable bonds is 5. The van der Waals surface area contributed by atoms with Crippen molar-refractivity contribution in [2.45, 2.75) is 33.1 Å². The quantitative estimate of drug-likeness (QED) is 0.510. The van der Waals surface area contributed by atoms with Crippen LogP contribution in [-0.2, 0) is 26.3 Å². The number of aromatic nitrogens is 6. The van der Waals surface area contributed by atoms with E-state index in [1.165, 1.54) is 26.9 Å². The number of aromatic amines is 1. The summed E-state index contributed by atoms with van der Waals surface area (Å²) in [6.07, 6.45) is -2.81. The highest BCUT2D eigenvalue weighted by Gasteiger charge is 2.30. The van der Waals surface area contributed by atoms with Crippen molar-refractivity contribution < 1.29 is 13.2 Å². The Kier molecular flexibility index (Phi) is 5.27. The zero-order valence-electron chi connectivity index (χ0n) is 17.6. The molecule has 4 rings (SSSR count). The van der Waals surface area contributed by atoms with Crippen molar-refractivity contribution in [3.63, 3.8) is 0 Å². The van der Waals surface area contributed by atoms with Crippen LogP contribution in [0.5, 0.6) is 0 Å². The summed E-state index contributed by atoms with van der Waals surface area (Å²) < 4.78 is 42.8. The minimum Gasteiger partial charge on any atom is -0.331 e. The van der Waals surface area contributed by atoms with Gasteiger partial charge in [0.2, 0.25) is 0 Å². The zero-order chi connectivity index (χ0) is 23.2. The van der Waals surface area contributed by atoms with E-state index < -0.39 is 23.0 Å². The third kappa shape index (κ3) is 3.97. The smallest absolute Gasteiger partial charge is 0.331 e. The third-order valence-electron chi connectivity index (χ3n) is 5.01. The van der Waals surface area contributed by atoms with Gasteiger partial charge >= 0.3 is 11.9 Å². The molecular weight excluding hydrogens is 425 g/mol. The molecule has 1 aromatic carbocycles. The van der Waals surface area contributed by atoms with Crippen molar-refractivity contribution in [3.8, 4) is 11.5 Å². The predicted octanol–water partition coefficient (Wildman–Crippen LogP) is 3.01. The van der Waals surface area contributed by atoms with E-state index in [0.717, 1.165) is 12.1 Å². The number of fused-ring (bicyclic) bond motifs is 1. The van der Waals surface area contributed by atoms with Crippen LogP contribution in [0.2, 0.25) is 0 Å². The molecule has 0 aliphatic rings.